The summed E-state index contributed by atoms with van der Waals surface area (Å²) in [4.78, 5) is 41.4. The number of carboxylic acid groups (broad SMARTS) is 1. The van der Waals surface area contributed by atoms with E-state index >= 15 is 0 Å². The minimum Gasteiger partial charge on any atom is -0.481 e. The summed E-state index contributed by atoms with van der Waals surface area (Å²) >= 11 is 0. The number of carbonyl (C=O) groups is 3. The monoisotopic (exact) mass is 534 g/mol. The van der Waals surface area contributed by atoms with Crippen LogP contribution in [0.5, 0.6) is 5.75 Å². The number of anilines is 1. The van der Waals surface area contributed by atoms with Gasteiger partial charge in [0, 0.05) is 41.2 Å². The lowest BCUT2D eigenvalue weighted by Gasteiger charge is -2.48. The summed E-state index contributed by atoms with van der Waals surface area (Å²) < 4.78 is 56.2. The molecule has 3 atom stereocenters. The molecule has 1 heterocycles. The molecule has 1 aliphatic heterocycles. The summed E-state index contributed by atoms with van der Waals surface area (Å²) in [5.41, 5.74) is 1.07. The molecule has 0 bridgehead atoms. The summed E-state index contributed by atoms with van der Waals surface area (Å²) in [5.74, 6) is -3.00. The molecule has 5 rings (SSSR count). The maximum atomic E-state index is 14.6. The molecule has 0 saturated heterocycles. The molecule has 0 spiro atoms. The maximum Gasteiger partial charge on any atom is 0.573 e. The number of hydrogen-bond acceptors (Lipinski definition) is 4. The fourth-order valence-electron chi connectivity index (χ4n) is 5.88. The van der Waals surface area contributed by atoms with E-state index in [4.69, 9.17) is 5.11 Å². The average molecular weight is 535 g/mol. The fraction of sp³-hybridized carbons (Fsp3) is 0.444. The molecule has 3 unspecified atom stereocenters. The summed E-state index contributed by atoms with van der Waals surface area (Å²) in [5, 5.41) is 9.10. The number of alkyl halides is 3. The number of hydrogen-bond donors (Lipinski definition) is 1. The predicted octanol–water partition coefficient (Wildman–Crippen LogP) is 5.45. The smallest absolute Gasteiger partial charge is 0.481 e. The standard InChI is InChI=1S/C27H26F4N2O5/c28-16-6-11-22-20(14-16)25(32(17-7-8-17)23(34)12-13-24(35)36)19-2-1-3-21(19)33(22)26(37)15-4-9-18(10-5-15)38-27(29,30)31/h4-6,9-11,14,17,19,21,25H,1-3,7-8,12-13H2,(H,35,36). The van der Waals surface area contributed by atoms with Crippen LogP contribution in [0.4, 0.5) is 23.2 Å². The topological polar surface area (TPSA) is 87.2 Å². The Bertz CT molecular complexity index is 1250. The molecule has 2 fully saturated rings. The number of aliphatic carboxylic acids is 1. The predicted molar refractivity (Wildman–Crippen MR) is 127 cm³/mol. The van der Waals surface area contributed by atoms with Crippen LogP contribution in [0.15, 0.2) is 42.5 Å². The molecule has 1 N–H and O–H groups in total. The first kappa shape index (κ1) is 26.0. The Labute approximate surface area is 216 Å². The summed E-state index contributed by atoms with van der Waals surface area (Å²) in [6.45, 7) is 0. The maximum absolute atomic E-state index is 14.6. The van der Waals surface area contributed by atoms with Crippen molar-refractivity contribution >= 4 is 23.5 Å². The highest BCUT2D eigenvalue weighted by atomic mass is 19.4. The number of halogens is 4. The Balaban J connectivity index is 1.52. The Morgan fingerprint density at radius 3 is 2.34 bits per heavy atom. The Morgan fingerprint density at radius 1 is 1.00 bits per heavy atom. The number of rotatable bonds is 7. The Kier molecular flexibility index (Phi) is 6.79. The second-order valence-corrected chi connectivity index (χ2v) is 9.98. The largest absolute Gasteiger partial charge is 0.573 e. The Morgan fingerprint density at radius 2 is 1.71 bits per heavy atom. The van der Waals surface area contributed by atoms with Crippen LogP contribution in [0.1, 0.15) is 66.9 Å². The highest BCUT2D eigenvalue weighted by molar-refractivity contribution is 6.07. The van der Waals surface area contributed by atoms with Crippen molar-refractivity contribution in [2.24, 2.45) is 5.92 Å². The van der Waals surface area contributed by atoms with Crippen LogP contribution in [0.2, 0.25) is 0 Å². The van der Waals surface area contributed by atoms with E-state index in [1.54, 1.807) is 9.80 Å². The SMILES string of the molecule is O=C(O)CCC(=O)N(C1CC1)C1c2cc(F)ccc2N(C(=O)c2ccc(OC(F)(F)F)cc2)C2CCCC21. The zero-order chi connectivity index (χ0) is 27.2. The number of fused-ring (bicyclic) bond motifs is 2. The average Bonchev–Trinajstić information content (AvgIpc) is 3.57. The van der Waals surface area contributed by atoms with Gasteiger partial charge in [-0.2, -0.15) is 0 Å². The quantitative estimate of drug-likeness (QED) is 0.478. The zero-order valence-corrected chi connectivity index (χ0v) is 20.3. The van der Waals surface area contributed by atoms with Gasteiger partial charge >= 0.3 is 12.3 Å². The molecular weight excluding hydrogens is 508 g/mol. The molecule has 0 aromatic heterocycles. The van der Waals surface area contributed by atoms with Gasteiger partial charge in [0.2, 0.25) is 5.91 Å². The number of nitrogens with zero attached hydrogens (tertiary/aromatic N) is 2. The van der Waals surface area contributed by atoms with Crippen LogP contribution >= 0.6 is 0 Å². The van der Waals surface area contributed by atoms with Crippen LogP contribution in [-0.2, 0) is 9.59 Å². The van der Waals surface area contributed by atoms with Crippen molar-refractivity contribution in [1.29, 1.82) is 0 Å². The number of amides is 2. The minimum absolute atomic E-state index is 0.0675. The first-order chi connectivity index (χ1) is 18.0. The molecule has 2 saturated carbocycles. The van der Waals surface area contributed by atoms with E-state index in [2.05, 4.69) is 4.74 Å². The normalized spacial score (nSPS) is 22.4. The third-order valence-electron chi connectivity index (χ3n) is 7.47. The van der Waals surface area contributed by atoms with Gasteiger partial charge in [-0.3, -0.25) is 14.4 Å². The van der Waals surface area contributed by atoms with Crippen LogP contribution in [0, 0.1) is 11.7 Å². The van der Waals surface area contributed by atoms with Gasteiger partial charge in [-0.25, -0.2) is 4.39 Å². The molecule has 2 amide bonds. The van der Waals surface area contributed by atoms with E-state index in [1.807, 2.05) is 0 Å². The minimum atomic E-state index is -4.86. The number of carbonyl (C=O) groups excluding carboxylic acids is 2. The van der Waals surface area contributed by atoms with Gasteiger partial charge in [0.1, 0.15) is 11.6 Å². The molecule has 2 aliphatic carbocycles. The van der Waals surface area contributed by atoms with Gasteiger partial charge in [-0.1, -0.05) is 6.42 Å². The van der Waals surface area contributed by atoms with Crippen LogP contribution < -0.4 is 9.64 Å². The third-order valence-corrected chi connectivity index (χ3v) is 7.47. The van der Waals surface area contributed by atoms with E-state index in [-0.39, 0.29) is 42.3 Å². The Hall–Kier alpha value is -3.63. The van der Waals surface area contributed by atoms with E-state index < -0.39 is 35.8 Å². The fourth-order valence-corrected chi connectivity index (χ4v) is 5.88. The highest BCUT2D eigenvalue weighted by Gasteiger charge is 2.51. The van der Waals surface area contributed by atoms with Crippen molar-refractivity contribution in [3.8, 4) is 5.75 Å². The van der Waals surface area contributed by atoms with Crippen molar-refractivity contribution in [3.63, 3.8) is 0 Å². The van der Waals surface area contributed by atoms with Crippen molar-refractivity contribution in [1.82, 2.24) is 4.90 Å². The molecule has 3 aliphatic rings. The lowest BCUT2D eigenvalue weighted by Crippen LogP contribution is -2.53. The molecule has 11 heteroatoms. The molecule has 38 heavy (non-hydrogen) atoms. The molecule has 2 aromatic rings. The lowest BCUT2D eigenvalue weighted by atomic mass is 9.81. The van der Waals surface area contributed by atoms with Gasteiger partial charge in [-0.05, 0) is 68.1 Å². The number of carboxylic acids is 1. The zero-order valence-electron chi connectivity index (χ0n) is 20.3. The second kappa shape index (κ2) is 9.92. The summed E-state index contributed by atoms with van der Waals surface area (Å²) in [6, 6.07) is 7.83. The molecule has 202 valence electrons. The van der Waals surface area contributed by atoms with Crippen molar-refractivity contribution in [2.45, 2.75) is 69.4 Å². The van der Waals surface area contributed by atoms with Gasteiger partial charge in [0.25, 0.3) is 5.91 Å². The van der Waals surface area contributed by atoms with Crippen molar-refractivity contribution in [3.05, 3.63) is 59.4 Å². The van der Waals surface area contributed by atoms with E-state index in [1.165, 1.54) is 30.3 Å². The van der Waals surface area contributed by atoms with E-state index in [0.717, 1.165) is 31.4 Å². The molecule has 7 nitrogen and oxygen atoms in total. The van der Waals surface area contributed by atoms with Crippen molar-refractivity contribution < 1.29 is 41.8 Å². The van der Waals surface area contributed by atoms with E-state index in [9.17, 15) is 31.9 Å². The number of ether oxygens (including phenoxy) is 1. The highest BCUT2D eigenvalue weighted by Crippen LogP contribution is 2.53. The number of benzene rings is 2. The van der Waals surface area contributed by atoms with Gasteiger partial charge in [-0.15, -0.1) is 13.2 Å². The first-order valence-corrected chi connectivity index (χ1v) is 12.6. The van der Waals surface area contributed by atoms with Gasteiger partial charge in [0.15, 0.2) is 0 Å². The second-order valence-electron chi connectivity index (χ2n) is 9.98. The van der Waals surface area contributed by atoms with Crippen LogP contribution in [0.25, 0.3) is 0 Å². The van der Waals surface area contributed by atoms with Crippen LogP contribution in [0.3, 0.4) is 0 Å². The van der Waals surface area contributed by atoms with E-state index in [0.29, 0.717) is 24.1 Å². The molecular formula is C27H26F4N2O5. The lowest BCUT2D eigenvalue weighted by molar-refractivity contribution is -0.274. The first-order valence-electron chi connectivity index (χ1n) is 12.6. The summed E-state index contributed by atoms with van der Waals surface area (Å²) in [7, 11) is 0. The third kappa shape index (κ3) is 5.19. The van der Waals surface area contributed by atoms with Crippen molar-refractivity contribution in [2.75, 3.05) is 4.90 Å². The molecule has 0 radical (unpaired) electrons. The van der Waals surface area contributed by atoms with Gasteiger partial charge in [0.05, 0.1) is 12.5 Å². The summed E-state index contributed by atoms with van der Waals surface area (Å²) in [6.07, 6.45) is -1.70. The molecule has 2 aromatic carbocycles. The van der Waals surface area contributed by atoms with Crippen LogP contribution in [-0.4, -0.2) is 46.2 Å². The van der Waals surface area contributed by atoms with Gasteiger partial charge < -0.3 is 19.6 Å².